The van der Waals surface area contributed by atoms with Crippen LogP contribution >= 0.6 is 11.8 Å². The lowest BCUT2D eigenvalue weighted by Crippen LogP contribution is -2.31. The van der Waals surface area contributed by atoms with Gasteiger partial charge in [-0.3, -0.25) is 0 Å². The molecule has 1 aromatic carbocycles. The number of hydrogen-bond acceptors (Lipinski definition) is 2. The maximum Gasteiger partial charge on any atom is 0.0348 e. The molecule has 3 atom stereocenters. The first-order chi connectivity index (χ1) is 9.74. The van der Waals surface area contributed by atoms with Crippen molar-refractivity contribution in [1.29, 1.82) is 0 Å². The van der Waals surface area contributed by atoms with Crippen LogP contribution in [0.3, 0.4) is 0 Å². The molecule has 1 fully saturated rings. The summed E-state index contributed by atoms with van der Waals surface area (Å²) in [7, 11) is 0. The summed E-state index contributed by atoms with van der Waals surface area (Å²) < 4.78 is 0. The number of benzene rings is 1. The zero-order valence-corrected chi connectivity index (χ0v) is 14.0. The van der Waals surface area contributed by atoms with Gasteiger partial charge in [0.15, 0.2) is 0 Å². The van der Waals surface area contributed by atoms with E-state index in [0.717, 1.165) is 18.4 Å². The first kappa shape index (κ1) is 15.9. The summed E-state index contributed by atoms with van der Waals surface area (Å²) in [5.74, 6) is 1.70. The molecule has 0 aromatic heterocycles. The number of rotatable bonds is 6. The highest BCUT2D eigenvalue weighted by molar-refractivity contribution is 7.98. The Labute approximate surface area is 128 Å². The zero-order chi connectivity index (χ0) is 14.4. The summed E-state index contributed by atoms with van der Waals surface area (Å²) in [6.45, 7) is 5.80. The molecule has 0 radical (unpaired) electrons. The van der Waals surface area contributed by atoms with Crippen molar-refractivity contribution in [3.63, 3.8) is 0 Å². The third-order valence-corrected chi connectivity index (χ3v) is 5.28. The van der Waals surface area contributed by atoms with Gasteiger partial charge in [0.1, 0.15) is 0 Å². The Hall–Kier alpha value is -0.470. The van der Waals surface area contributed by atoms with E-state index < -0.39 is 0 Å². The van der Waals surface area contributed by atoms with Gasteiger partial charge in [-0.05, 0) is 61.6 Å². The van der Waals surface area contributed by atoms with Gasteiger partial charge in [-0.15, -0.1) is 11.8 Å². The Bertz CT molecular complexity index is 387. The van der Waals surface area contributed by atoms with Crippen LogP contribution in [0.2, 0.25) is 0 Å². The average Bonchev–Trinajstić information content (AvgIpc) is 2.48. The molecule has 1 aliphatic carbocycles. The van der Waals surface area contributed by atoms with Gasteiger partial charge < -0.3 is 5.32 Å². The summed E-state index contributed by atoms with van der Waals surface area (Å²) in [5.41, 5.74) is 1.48. The molecule has 20 heavy (non-hydrogen) atoms. The summed E-state index contributed by atoms with van der Waals surface area (Å²) in [4.78, 5) is 1.36. The van der Waals surface area contributed by atoms with Crippen LogP contribution in [0, 0.1) is 11.8 Å². The molecule has 0 heterocycles. The molecule has 1 aliphatic rings. The topological polar surface area (TPSA) is 12.0 Å². The first-order valence-electron chi connectivity index (χ1n) is 8.12. The highest BCUT2D eigenvalue weighted by atomic mass is 32.2. The lowest BCUT2D eigenvalue weighted by Gasteiger charge is -2.34. The molecule has 0 amide bonds. The van der Waals surface area contributed by atoms with Crippen molar-refractivity contribution in [3.05, 3.63) is 29.8 Å². The summed E-state index contributed by atoms with van der Waals surface area (Å²) in [6.07, 6.45) is 8.94. The van der Waals surface area contributed by atoms with E-state index in [0.29, 0.717) is 6.04 Å². The third kappa shape index (κ3) is 4.26. The van der Waals surface area contributed by atoms with Crippen LogP contribution in [-0.4, -0.2) is 12.8 Å². The highest BCUT2D eigenvalue weighted by Crippen LogP contribution is 2.37. The molecule has 0 saturated heterocycles. The Balaban J connectivity index is 2.12. The molecule has 0 aliphatic heterocycles. The average molecular weight is 292 g/mol. The Morgan fingerprint density at radius 1 is 1.25 bits per heavy atom. The molecule has 1 saturated carbocycles. The smallest absolute Gasteiger partial charge is 0.0348 e. The molecular weight excluding hydrogens is 262 g/mol. The summed E-state index contributed by atoms with van der Waals surface area (Å²) in [5, 5.41) is 3.81. The van der Waals surface area contributed by atoms with Crippen molar-refractivity contribution in [2.45, 2.75) is 56.9 Å². The van der Waals surface area contributed by atoms with Crippen LogP contribution in [0.25, 0.3) is 0 Å². The second-order valence-corrected chi connectivity index (χ2v) is 7.12. The lowest BCUT2D eigenvalue weighted by atomic mass is 9.76. The van der Waals surface area contributed by atoms with Crippen LogP contribution in [-0.2, 0) is 0 Å². The number of nitrogens with one attached hydrogen (secondary N) is 1. The molecule has 112 valence electrons. The molecule has 2 rings (SSSR count). The van der Waals surface area contributed by atoms with Gasteiger partial charge in [-0.2, -0.15) is 0 Å². The number of hydrogen-bond donors (Lipinski definition) is 1. The van der Waals surface area contributed by atoms with E-state index in [-0.39, 0.29) is 0 Å². The predicted molar refractivity (Wildman–Crippen MR) is 90.4 cm³/mol. The van der Waals surface area contributed by atoms with Crippen molar-refractivity contribution in [1.82, 2.24) is 5.32 Å². The SMILES string of the molecule is CCCNC(c1ccc(SC)cc1)C1CCCC(C)C1. The van der Waals surface area contributed by atoms with Gasteiger partial charge in [-0.25, -0.2) is 0 Å². The third-order valence-electron chi connectivity index (χ3n) is 4.54. The van der Waals surface area contributed by atoms with Gasteiger partial charge in [0.2, 0.25) is 0 Å². The quantitative estimate of drug-likeness (QED) is 0.716. The molecule has 0 bridgehead atoms. The van der Waals surface area contributed by atoms with E-state index in [4.69, 9.17) is 0 Å². The van der Waals surface area contributed by atoms with Gasteiger partial charge in [0, 0.05) is 10.9 Å². The highest BCUT2D eigenvalue weighted by Gasteiger charge is 2.27. The Kier molecular flexibility index (Phi) is 6.44. The van der Waals surface area contributed by atoms with Crippen molar-refractivity contribution in [2.24, 2.45) is 11.8 Å². The van der Waals surface area contributed by atoms with Crippen LogP contribution < -0.4 is 5.32 Å². The van der Waals surface area contributed by atoms with Gasteiger partial charge in [0.25, 0.3) is 0 Å². The van der Waals surface area contributed by atoms with E-state index in [9.17, 15) is 0 Å². The Morgan fingerprint density at radius 3 is 2.60 bits per heavy atom. The summed E-state index contributed by atoms with van der Waals surface area (Å²) in [6, 6.07) is 9.75. The van der Waals surface area contributed by atoms with Crippen LogP contribution in [0.4, 0.5) is 0 Å². The zero-order valence-electron chi connectivity index (χ0n) is 13.2. The molecule has 0 spiro atoms. The van der Waals surface area contributed by atoms with E-state index >= 15 is 0 Å². The van der Waals surface area contributed by atoms with Gasteiger partial charge in [0.05, 0.1) is 0 Å². The standard InChI is InChI=1S/C18H29NS/c1-4-12-19-18(16-7-5-6-14(2)13-16)15-8-10-17(20-3)11-9-15/h8-11,14,16,18-19H,4-7,12-13H2,1-3H3. The van der Waals surface area contributed by atoms with E-state index in [2.05, 4.69) is 49.7 Å². The van der Waals surface area contributed by atoms with Gasteiger partial charge in [-0.1, -0.05) is 38.8 Å². The second-order valence-electron chi connectivity index (χ2n) is 6.24. The van der Waals surface area contributed by atoms with Crippen LogP contribution in [0.1, 0.15) is 57.6 Å². The lowest BCUT2D eigenvalue weighted by molar-refractivity contribution is 0.223. The normalized spacial score (nSPS) is 24.6. The molecule has 1 aromatic rings. The molecule has 1 nitrogen and oxygen atoms in total. The van der Waals surface area contributed by atoms with Crippen molar-refractivity contribution in [3.8, 4) is 0 Å². The minimum absolute atomic E-state index is 0.550. The van der Waals surface area contributed by atoms with Crippen LogP contribution in [0.5, 0.6) is 0 Å². The number of thioether (sulfide) groups is 1. The van der Waals surface area contributed by atoms with E-state index in [1.807, 2.05) is 11.8 Å². The molecular formula is C18H29NS. The fraction of sp³-hybridized carbons (Fsp3) is 0.667. The maximum absolute atomic E-state index is 3.81. The second kappa shape index (κ2) is 8.09. The molecule has 2 heteroatoms. The minimum Gasteiger partial charge on any atom is -0.310 e. The fourth-order valence-corrected chi connectivity index (χ4v) is 3.86. The van der Waals surface area contributed by atoms with E-state index in [1.165, 1.54) is 42.6 Å². The van der Waals surface area contributed by atoms with Crippen LogP contribution in [0.15, 0.2) is 29.2 Å². The molecule has 1 N–H and O–H groups in total. The maximum atomic E-state index is 3.81. The minimum atomic E-state index is 0.550. The fourth-order valence-electron chi connectivity index (χ4n) is 3.45. The largest absolute Gasteiger partial charge is 0.310 e. The summed E-state index contributed by atoms with van der Waals surface area (Å²) >= 11 is 1.82. The van der Waals surface area contributed by atoms with E-state index in [1.54, 1.807) is 0 Å². The van der Waals surface area contributed by atoms with Crippen molar-refractivity contribution >= 4 is 11.8 Å². The van der Waals surface area contributed by atoms with Crippen molar-refractivity contribution in [2.75, 3.05) is 12.8 Å². The molecule has 3 unspecified atom stereocenters. The monoisotopic (exact) mass is 291 g/mol. The van der Waals surface area contributed by atoms with Crippen molar-refractivity contribution < 1.29 is 0 Å². The Morgan fingerprint density at radius 2 is 2.00 bits per heavy atom. The predicted octanol–water partition coefficient (Wildman–Crippen LogP) is 5.28. The van der Waals surface area contributed by atoms with Gasteiger partial charge >= 0.3 is 0 Å². The first-order valence-corrected chi connectivity index (χ1v) is 9.34.